The van der Waals surface area contributed by atoms with Crippen LogP contribution in [-0.2, 0) is 14.3 Å². The van der Waals surface area contributed by atoms with Gasteiger partial charge >= 0.3 is 0 Å². The van der Waals surface area contributed by atoms with Crippen LogP contribution < -0.4 is 5.73 Å². The van der Waals surface area contributed by atoms with Crippen LogP contribution in [0.15, 0.2) is 0 Å². The van der Waals surface area contributed by atoms with Crippen LogP contribution in [-0.4, -0.2) is 80.9 Å². The van der Waals surface area contributed by atoms with Gasteiger partial charge in [-0.3, -0.25) is 9.69 Å². The highest BCUT2D eigenvalue weighted by Gasteiger charge is 2.32. The molecule has 0 radical (unpaired) electrons. The van der Waals surface area contributed by atoms with Crippen LogP contribution in [0.25, 0.3) is 0 Å². The summed E-state index contributed by atoms with van der Waals surface area (Å²) in [6.45, 7) is 5.57. The molecule has 0 aliphatic carbocycles. The van der Waals surface area contributed by atoms with E-state index >= 15 is 0 Å². The second-order valence-electron chi connectivity index (χ2n) is 5.30. The van der Waals surface area contributed by atoms with E-state index in [-0.39, 0.29) is 5.91 Å². The smallest absolute Gasteiger partial charge is 0.242 e. The zero-order valence-corrected chi connectivity index (χ0v) is 11.7. The number of carbonyl (C=O) groups is 1. The van der Waals surface area contributed by atoms with E-state index in [2.05, 4.69) is 4.90 Å². The van der Waals surface area contributed by atoms with E-state index in [9.17, 15) is 4.79 Å². The van der Waals surface area contributed by atoms with Crippen molar-refractivity contribution in [3.63, 3.8) is 0 Å². The summed E-state index contributed by atoms with van der Waals surface area (Å²) >= 11 is 0. The van der Waals surface area contributed by atoms with Crippen LogP contribution in [0.3, 0.4) is 0 Å². The molecule has 1 amide bonds. The number of nitrogens with zero attached hydrogens (tertiary/aromatic N) is 2. The van der Waals surface area contributed by atoms with Gasteiger partial charge in [0.15, 0.2) is 0 Å². The number of hydrogen-bond donors (Lipinski definition) is 1. The van der Waals surface area contributed by atoms with Crippen molar-refractivity contribution in [3.8, 4) is 0 Å². The van der Waals surface area contributed by atoms with E-state index in [4.69, 9.17) is 15.2 Å². The number of morpholine rings is 1. The molecule has 2 unspecified atom stereocenters. The molecule has 6 heteroatoms. The number of ether oxygens (including phenoxy) is 2. The molecule has 2 atom stereocenters. The number of hydrogen-bond acceptors (Lipinski definition) is 5. The van der Waals surface area contributed by atoms with Gasteiger partial charge in [0.25, 0.3) is 0 Å². The molecule has 0 aromatic heterocycles. The first kappa shape index (κ1) is 14.7. The Bertz CT molecular complexity index is 295. The lowest BCUT2D eigenvalue weighted by atomic mass is 10.2. The topological polar surface area (TPSA) is 68.0 Å². The van der Waals surface area contributed by atoms with Crippen molar-refractivity contribution in [1.82, 2.24) is 9.80 Å². The van der Waals surface area contributed by atoms with Crippen LogP contribution in [0.1, 0.15) is 12.8 Å². The summed E-state index contributed by atoms with van der Waals surface area (Å²) in [6, 6.07) is -0.233. The fraction of sp³-hybridized carbons (Fsp3) is 0.923. The summed E-state index contributed by atoms with van der Waals surface area (Å²) in [7, 11) is 1.57. The minimum Gasteiger partial charge on any atom is -0.383 e. The quantitative estimate of drug-likeness (QED) is 0.715. The lowest BCUT2D eigenvalue weighted by Gasteiger charge is -2.33. The van der Waals surface area contributed by atoms with Gasteiger partial charge in [-0.15, -0.1) is 0 Å². The van der Waals surface area contributed by atoms with Gasteiger partial charge in [0, 0.05) is 39.3 Å². The molecule has 2 saturated heterocycles. The van der Waals surface area contributed by atoms with Gasteiger partial charge in [-0.25, -0.2) is 0 Å². The maximum atomic E-state index is 12.3. The zero-order valence-electron chi connectivity index (χ0n) is 11.7. The van der Waals surface area contributed by atoms with Crippen molar-refractivity contribution < 1.29 is 14.3 Å². The Kier molecular flexibility index (Phi) is 5.57. The molecule has 2 N–H and O–H groups in total. The fourth-order valence-electron chi connectivity index (χ4n) is 2.86. The molecular formula is C13H25N3O3. The average Bonchev–Trinajstić information content (AvgIpc) is 2.87. The predicted octanol–water partition coefficient (Wildman–Crippen LogP) is -0.717. The van der Waals surface area contributed by atoms with Crippen molar-refractivity contribution in [1.29, 1.82) is 0 Å². The van der Waals surface area contributed by atoms with E-state index in [0.29, 0.717) is 12.6 Å². The average molecular weight is 271 g/mol. The summed E-state index contributed by atoms with van der Waals surface area (Å²) in [4.78, 5) is 16.6. The molecule has 0 aromatic rings. The Morgan fingerprint density at radius 2 is 2.16 bits per heavy atom. The largest absolute Gasteiger partial charge is 0.383 e. The van der Waals surface area contributed by atoms with Gasteiger partial charge in [0.1, 0.15) is 6.04 Å². The van der Waals surface area contributed by atoms with Crippen LogP contribution in [0, 0.1) is 0 Å². The maximum Gasteiger partial charge on any atom is 0.242 e. The van der Waals surface area contributed by atoms with Crippen LogP contribution in [0.2, 0.25) is 0 Å². The molecule has 0 bridgehead atoms. The van der Waals surface area contributed by atoms with Gasteiger partial charge in [-0.1, -0.05) is 0 Å². The Balaban J connectivity index is 1.86. The normalized spacial score (nSPS) is 26.6. The number of amides is 1. The van der Waals surface area contributed by atoms with Crippen molar-refractivity contribution >= 4 is 5.91 Å². The van der Waals surface area contributed by atoms with Crippen molar-refractivity contribution in [2.24, 2.45) is 5.73 Å². The minimum absolute atomic E-state index is 0.0256. The second-order valence-corrected chi connectivity index (χ2v) is 5.30. The lowest BCUT2D eigenvalue weighted by molar-refractivity contribution is -0.135. The van der Waals surface area contributed by atoms with Crippen LogP contribution >= 0.6 is 0 Å². The first-order valence-electron chi connectivity index (χ1n) is 7.07. The number of nitrogens with two attached hydrogens (primary N) is 1. The van der Waals surface area contributed by atoms with Crippen LogP contribution in [0.5, 0.6) is 0 Å². The highest BCUT2D eigenvalue weighted by atomic mass is 16.5. The Hall–Kier alpha value is -0.690. The Morgan fingerprint density at radius 3 is 2.84 bits per heavy atom. The van der Waals surface area contributed by atoms with E-state index in [1.54, 1.807) is 7.11 Å². The van der Waals surface area contributed by atoms with Crippen LogP contribution in [0.4, 0.5) is 0 Å². The molecule has 2 rings (SSSR count). The molecule has 0 saturated carbocycles. The number of methoxy groups -OCH3 is 1. The molecule has 2 aliphatic heterocycles. The Labute approximate surface area is 114 Å². The zero-order chi connectivity index (χ0) is 13.7. The standard InChI is InChI=1S/C13H25N3O3/c1-18-10-12(14)13(17)16-4-2-3-11(16)9-15-5-7-19-8-6-15/h11-12H,2-10,14H2,1H3. The summed E-state index contributed by atoms with van der Waals surface area (Å²) in [6.07, 6.45) is 2.14. The van der Waals surface area contributed by atoms with Gasteiger partial charge in [-0.05, 0) is 12.8 Å². The highest BCUT2D eigenvalue weighted by Crippen LogP contribution is 2.19. The number of carbonyl (C=O) groups excluding carboxylic acids is 1. The highest BCUT2D eigenvalue weighted by molar-refractivity contribution is 5.82. The maximum absolute atomic E-state index is 12.3. The van der Waals surface area contributed by atoms with E-state index < -0.39 is 6.04 Å². The van der Waals surface area contributed by atoms with Gasteiger partial charge in [0.05, 0.1) is 19.8 Å². The summed E-state index contributed by atoms with van der Waals surface area (Å²) < 4.78 is 10.3. The van der Waals surface area contributed by atoms with Crippen molar-refractivity contribution in [2.45, 2.75) is 24.9 Å². The minimum atomic E-state index is -0.532. The molecule has 110 valence electrons. The Morgan fingerprint density at radius 1 is 1.42 bits per heavy atom. The summed E-state index contributed by atoms with van der Waals surface area (Å²) in [5, 5.41) is 0. The molecule has 2 aliphatic rings. The lowest BCUT2D eigenvalue weighted by Crippen LogP contribution is -2.52. The molecule has 0 aromatic carbocycles. The van der Waals surface area contributed by atoms with Gasteiger partial charge < -0.3 is 20.1 Å². The molecular weight excluding hydrogens is 246 g/mol. The third-order valence-corrected chi connectivity index (χ3v) is 3.90. The summed E-state index contributed by atoms with van der Waals surface area (Å²) in [5.41, 5.74) is 5.85. The van der Waals surface area contributed by atoms with E-state index in [1.165, 1.54) is 0 Å². The molecule has 2 heterocycles. The van der Waals surface area contributed by atoms with Gasteiger partial charge in [-0.2, -0.15) is 0 Å². The van der Waals surface area contributed by atoms with E-state index in [0.717, 1.165) is 52.2 Å². The van der Waals surface area contributed by atoms with E-state index in [1.807, 2.05) is 4.90 Å². The first-order valence-corrected chi connectivity index (χ1v) is 7.07. The fourth-order valence-corrected chi connectivity index (χ4v) is 2.86. The molecule has 6 nitrogen and oxygen atoms in total. The van der Waals surface area contributed by atoms with Gasteiger partial charge in [0.2, 0.25) is 5.91 Å². The predicted molar refractivity (Wildman–Crippen MR) is 71.8 cm³/mol. The van der Waals surface area contributed by atoms with Crippen molar-refractivity contribution in [3.05, 3.63) is 0 Å². The summed E-state index contributed by atoms with van der Waals surface area (Å²) in [5.74, 6) is 0.0256. The monoisotopic (exact) mass is 271 g/mol. The first-order chi connectivity index (χ1) is 9.22. The third-order valence-electron chi connectivity index (χ3n) is 3.90. The molecule has 0 spiro atoms. The third kappa shape index (κ3) is 3.89. The van der Waals surface area contributed by atoms with Crippen molar-refractivity contribution in [2.75, 3.05) is 53.1 Å². The SMILES string of the molecule is COCC(N)C(=O)N1CCCC1CN1CCOCC1. The molecule has 2 fully saturated rings. The number of rotatable bonds is 5. The number of likely N-dealkylation sites (tertiary alicyclic amines) is 1. The second kappa shape index (κ2) is 7.19. The molecule has 19 heavy (non-hydrogen) atoms.